The highest BCUT2D eigenvalue weighted by Gasteiger charge is 2.24. The molecule has 16 heavy (non-hydrogen) atoms. The summed E-state index contributed by atoms with van der Waals surface area (Å²) in [5, 5.41) is 3.25. The van der Waals surface area contributed by atoms with E-state index in [1.807, 2.05) is 27.7 Å². The van der Waals surface area contributed by atoms with E-state index in [-0.39, 0.29) is 0 Å². The van der Waals surface area contributed by atoms with Gasteiger partial charge in [0.05, 0.1) is 0 Å². The molecule has 0 aromatic carbocycles. The average Bonchev–Trinajstić information content (AvgIpc) is 2.24. The van der Waals surface area contributed by atoms with Crippen LogP contribution >= 0.6 is 0 Å². The fourth-order valence-corrected chi connectivity index (χ4v) is 1.33. The van der Waals surface area contributed by atoms with Crippen LogP contribution in [0.4, 0.5) is 5.82 Å². The SMILES string of the molecule is CCNc1nc(C(C)(C)OC)nc(C)c1C. The molecule has 1 rings (SSSR count). The monoisotopic (exact) mass is 223 g/mol. The van der Waals surface area contributed by atoms with Crippen LogP contribution < -0.4 is 5.32 Å². The maximum absolute atomic E-state index is 5.40. The minimum atomic E-state index is -0.456. The van der Waals surface area contributed by atoms with Crippen molar-refractivity contribution in [3.8, 4) is 0 Å². The van der Waals surface area contributed by atoms with Gasteiger partial charge >= 0.3 is 0 Å². The summed E-state index contributed by atoms with van der Waals surface area (Å²) in [5.41, 5.74) is 1.63. The van der Waals surface area contributed by atoms with Crippen molar-refractivity contribution in [2.24, 2.45) is 0 Å². The molecule has 1 heterocycles. The molecule has 0 bridgehead atoms. The quantitative estimate of drug-likeness (QED) is 0.851. The van der Waals surface area contributed by atoms with Gasteiger partial charge in [-0.15, -0.1) is 0 Å². The number of rotatable bonds is 4. The minimum absolute atomic E-state index is 0.456. The van der Waals surface area contributed by atoms with E-state index in [9.17, 15) is 0 Å². The molecule has 0 spiro atoms. The Balaban J connectivity index is 3.23. The van der Waals surface area contributed by atoms with Gasteiger partial charge in [0, 0.05) is 24.9 Å². The van der Waals surface area contributed by atoms with Crippen LogP contribution in [-0.4, -0.2) is 23.6 Å². The summed E-state index contributed by atoms with van der Waals surface area (Å²) in [6, 6.07) is 0. The molecule has 0 amide bonds. The van der Waals surface area contributed by atoms with Crippen LogP contribution in [0.2, 0.25) is 0 Å². The van der Waals surface area contributed by atoms with Gasteiger partial charge in [0.15, 0.2) is 5.82 Å². The van der Waals surface area contributed by atoms with Crippen LogP contribution in [0.1, 0.15) is 37.9 Å². The van der Waals surface area contributed by atoms with Gasteiger partial charge in [-0.3, -0.25) is 0 Å². The molecule has 0 aliphatic heterocycles. The smallest absolute Gasteiger partial charge is 0.162 e. The molecule has 0 fully saturated rings. The van der Waals surface area contributed by atoms with Gasteiger partial charge in [0.1, 0.15) is 11.4 Å². The van der Waals surface area contributed by atoms with Crippen LogP contribution in [-0.2, 0) is 10.3 Å². The maximum Gasteiger partial charge on any atom is 0.162 e. The van der Waals surface area contributed by atoms with Crippen molar-refractivity contribution >= 4 is 5.82 Å². The molecule has 0 aliphatic carbocycles. The minimum Gasteiger partial charge on any atom is -0.371 e. The third-order valence-corrected chi connectivity index (χ3v) is 2.78. The van der Waals surface area contributed by atoms with Crippen molar-refractivity contribution < 1.29 is 4.74 Å². The zero-order valence-electron chi connectivity index (χ0n) is 11.0. The lowest BCUT2D eigenvalue weighted by Crippen LogP contribution is -2.24. The Kier molecular flexibility index (Phi) is 3.86. The van der Waals surface area contributed by atoms with Crippen molar-refractivity contribution in [1.82, 2.24) is 9.97 Å². The lowest BCUT2D eigenvalue weighted by atomic mass is 10.1. The Labute approximate surface area is 97.5 Å². The average molecular weight is 223 g/mol. The lowest BCUT2D eigenvalue weighted by Gasteiger charge is -2.23. The van der Waals surface area contributed by atoms with E-state index in [1.54, 1.807) is 7.11 Å². The highest BCUT2D eigenvalue weighted by molar-refractivity contribution is 5.45. The van der Waals surface area contributed by atoms with Gasteiger partial charge in [-0.1, -0.05) is 0 Å². The second-order valence-corrected chi connectivity index (χ2v) is 4.35. The molecule has 0 aliphatic rings. The van der Waals surface area contributed by atoms with Crippen LogP contribution in [0.5, 0.6) is 0 Å². The Bertz CT molecular complexity index is 375. The van der Waals surface area contributed by atoms with E-state index >= 15 is 0 Å². The van der Waals surface area contributed by atoms with Gasteiger partial charge in [0.2, 0.25) is 0 Å². The van der Waals surface area contributed by atoms with Crippen molar-refractivity contribution in [3.05, 3.63) is 17.1 Å². The van der Waals surface area contributed by atoms with Crippen molar-refractivity contribution in [2.45, 2.75) is 40.2 Å². The molecule has 0 radical (unpaired) electrons. The number of hydrogen-bond acceptors (Lipinski definition) is 4. The zero-order valence-corrected chi connectivity index (χ0v) is 11.0. The summed E-state index contributed by atoms with van der Waals surface area (Å²) >= 11 is 0. The molecular formula is C12H21N3O. The second kappa shape index (κ2) is 4.78. The standard InChI is InChI=1S/C12H21N3O/c1-7-13-10-8(2)9(3)14-11(15-10)12(4,5)16-6/h7H2,1-6H3,(H,13,14,15). The molecule has 1 N–H and O–H groups in total. The van der Waals surface area contributed by atoms with E-state index in [1.165, 1.54) is 0 Å². The normalized spacial score (nSPS) is 11.6. The van der Waals surface area contributed by atoms with Crippen LogP contribution in [0, 0.1) is 13.8 Å². The Morgan fingerprint density at radius 2 is 1.88 bits per heavy atom. The predicted molar refractivity (Wildman–Crippen MR) is 65.7 cm³/mol. The van der Waals surface area contributed by atoms with E-state index in [2.05, 4.69) is 22.2 Å². The molecule has 0 saturated heterocycles. The molecule has 1 aromatic rings. The summed E-state index contributed by atoms with van der Waals surface area (Å²) in [5.74, 6) is 1.61. The number of anilines is 1. The van der Waals surface area contributed by atoms with Gasteiger partial charge < -0.3 is 10.1 Å². The number of hydrogen-bond donors (Lipinski definition) is 1. The number of methoxy groups -OCH3 is 1. The Morgan fingerprint density at radius 1 is 1.25 bits per heavy atom. The van der Waals surface area contributed by atoms with Crippen molar-refractivity contribution in [3.63, 3.8) is 0 Å². The molecule has 0 atom stereocenters. The van der Waals surface area contributed by atoms with E-state index in [4.69, 9.17) is 4.74 Å². The zero-order chi connectivity index (χ0) is 12.3. The van der Waals surface area contributed by atoms with Gasteiger partial charge in [0.25, 0.3) is 0 Å². The fraction of sp³-hybridized carbons (Fsp3) is 0.667. The molecule has 4 nitrogen and oxygen atoms in total. The third-order valence-electron chi connectivity index (χ3n) is 2.78. The maximum atomic E-state index is 5.40. The summed E-state index contributed by atoms with van der Waals surface area (Å²) in [7, 11) is 1.67. The van der Waals surface area contributed by atoms with Crippen molar-refractivity contribution in [1.29, 1.82) is 0 Å². The highest BCUT2D eigenvalue weighted by atomic mass is 16.5. The number of aromatic nitrogens is 2. The first-order chi connectivity index (χ1) is 7.42. The first-order valence-electron chi connectivity index (χ1n) is 5.57. The molecule has 0 unspecified atom stereocenters. The van der Waals surface area contributed by atoms with E-state index in [0.717, 1.165) is 23.6 Å². The third kappa shape index (κ3) is 2.50. The van der Waals surface area contributed by atoms with E-state index < -0.39 is 5.60 Å². The lowest BCUT2D eigenvalue weighted by molar-refractivity contribution is 0.0114. The molecule has 0 saturated carbocycles. The summed E-state index contributed by atoms with van der Waals surface area (Å²) < 4.78 is 5.40. The predicted octanol–water partition coefficient (Wildman–Crippen LogP) is 2.41. The Hall–Kier alpha value is -1.16. The number of ether oxygens (including phenoxy) is 1. The highest BCUT2D eigenvalue weighted by Crippen LogP contribution is 2.24. The van der Waals surface area contributed by atoms with Crippen LogP contribution in [0.3, 0.4) is 0 Å². The first kappa shape index (κ1) is 12.9. The van der Waals surface area contributed by atoms with E-state index in [0.29, 0.717) is 5.82 Å². The van der Waals surface area contributed by atoms with Crippen LogP contribution in [0.25, 0.3) is 0 Å². The fourth-order valence-electron chi connectivity index (χ4n) is 1.33. The molecular weight excluding hydrogens is 202 g/mol. The summed E-state index contributed by atoms with van der Waals surface area (Å²) in [6.45, 7) is 10.9. The first-order valence-corrected chi connectivity index (χ1v) is 5.57. The molecule has 90 valence electrons. The summed E-state index contributed by atoms with van der Waals surface area (Å²) in [4.78, 5) is 9.00. The number of nitrogens with zero attached hydrogens (tertiary/aromatic N) is 2. The number of aryl methyl sites for hydroxylation is 1. The Morgan fingerprint density at radius 3 is 2.38 bits per heavy atom. The van der Waals surface area contributed by atoms with Gasteiger partial charge in [-0.05, 0) is 34.6 Å². The molecule has 4 heteroatoms. The van der Waals surface area contributed by atoms with Gasteiger partial charge in [-0.2, -0.15) is 0 Å². The molecule has 1 aromatic heterocycles. The van der Waals surface area contributed by atoms with Crippen molar-refractivity contribution in [2.75, 3.05) is 19.0 Å². The van der Waals surface area contributed by atoms with Gasteiger partial charge in [-0.25, -0.2) is 9.97 Å². The topological polar surface area (TPSA) is 47.0 Å². The largest absolute Gasteiger partial charge is 0.371 e. The van der Waals surface area contributed by atoms with Crippen LogP contribution in [0.15, 0.2) is 0 Å². The second-order valence-electron chi connectivity index (χ2n) is 4.35. The number of nitrogens with one attached hydrogen (secondary N) is 1. The summed E-state index contributed by atoms with van der Waals surface area (Å²) in [6.07, 6.45) is 0.